The standard InChI is InChI=1S/C75H136O6/c1-4-7-10-13-16-19-22-25-27-29-31-32-33-34-35-36-37-38-39-40-41-42-44-45-47-50-53-56-59-62-65-68-74(77)80-71-72(70-79-73(76)67-64-61-58-55-52-49-24-21-18-15-12-9-6-3)81-75(78)69-66-63-60-57-54-51-48-46-43-30-28-26-23-20-17-14-11-8-5-2/h7,10,16,19,25,27,31-32,34-35,72H,4-6,8-9,11-15,17-18,20-24,26,28-30,33,36-71H2,1-3H3/b10-7-,19-16-,27-25-,32-31-,35-34-. The van der Waals surface area contributed by atoms with Gasteiger partial charge in [-0.25, -0.2) is 0 Å². The van der Waals surface area contributed by atoms with Crippen LogP contribution < -0.4 is 0 Å². The van der Waals surface area contributed by atoms with Crippen LogP contribution in [-0.2, 0) is 28.6 Å². The number of hydrogen-bond donors (Lipinski definition) is 0. The summed E-state index contributed by atoms with van der Waals surface area (Å²) in [5.41, 5.74) is 0. The van der Waals surface area contributed by atoms with Crippen molar-refractivity contribution in [2.24, 2.45) is 0 Å². The highest BCUT2D eigenvalue weighted by Gasteiger charge is 2.19. The van der Waals surface area contributed by atoms with Crippen molar-refractivity contribution in [3.8, 4) is 0 Å². The van der Waals surface area contributed by atoms with Crippen molar-refractivity contribution in [3.63, 3.8) is 0 Å². The van der Waals surface area contributed by atoms with Crippen LogP contribution in [-0.4, -0.2) is 37.2 Å². The molecule has 0 rings (SSSR count). The van der Waals surface area contributed by atoms with Crippen LogP contribution in [0.4, 0.5) is 0 Å². The molecule has 0 aliphatic carbocycles. The first-order valence-electron chi connectivity index (χ1n) is 35.8. The Kier molecular flexibility index (Phi) is 67.1. The fourth-order valence-corrected chi connectivity index (χ4v) is 10.7. The molecule has 0 spiro atoms. The average molecular weight is 1130 g/mol. The molecule has 81 heavy (non-hydrogen) atoms. The molecule has 0 saturated heterocycles. The topological polar surface area (TPSA) is 78.9 Å². The maximum absolute atomic E-state index is 12.9. The zero-order valence-electron chi connectivity index (χ0n) is 54.3. The van der Waals surface area contributed by atoms with Crippen LogP contribution in [0.5, 0.6) is 0 Å². The van der Waals surface area contributed by atoms with Crippen LogP contribution in [0.2, 0.25) is 0 Å². The number of carbonyl (C=O) groups is 3. The van der Waals surface area contributed by atoms with E-state index in [2.05, 4.69) is 81.5 Å². The van der Waals surface area contributed by atoms with Crippen LogP contribution in [0.15, 0.2) is 60.8 Å². The Bertz CT molecular complexity index is 1440. The summed E-state index contributed by atoms with van der Waals surface area (Å²) in [5.74, 6) is -0.838. The van der Waals surface area contributed by atoms with Crippen LogP contribution in [0, 0.1) is 0 Å². The summed E-state index contributed by atoms with van der Waals surface area (Å²) < 4.78 is 17.0. The van der Waals surface area contributed by atoms with Crippen molar-refractivity contribution < 1.29 is 28.6 Å². The van der Waals surface area contributed by atoms with Gasteiger partial charge in [0.15, 0.2) is 6.10 Å². The maximum Gasteiger partial charge on any atom is 0.306 e. The van der Waals surface area contributed by atoms with Gasteiger partial charge >= 0.3 is 17.9 Å². The van der Waals surface area contributed by atoms with Gasteiger partial charge < -0.3 is 14.2 Å². The Hall–Kier alpha value is -2.89. The van der Waals surface area contributed by atoms with Gasteiger partial charge in [0.2, 0.25) is 0 Å². The molecule has 0 N–H and O–H groups in total. The highest BCUT2D eigenvalue weighted by atomic mass is 16.6. The summed E-state index contributed by atoms with van der Waals surface area (Å²) in [6, 6.07) is 0. The molecule has 0 amide bonds. The van der Waals surface area contributed by atoms with Crippen molar-refractivity contribution in [2.75, 3.05) is 13.2 Å². The Labute approximate surface area is 504 Å². The third-order valence-corrected chi connectivity index (χ3v) is 16.0. The average Bonchev–Trinajstić information content (AvgIpc) is 3.46. The van der Waals surface area contributed by atoms with Gasteiger partial charge in [-0.2, -0.15) is 0 Å². The monoisotopic (exact) mass is 1130 g/mol. The van der Waals surface area contributed by atoms with Gasteiger partial charge in [-0.05, 0) is 64.2 Å². The minimum atomic E-state index is -0.770. The normalized spacial score (nSPS) is 12.4. The lowest BCUT2D eigenvalue weighted by Gasteiger charge is -2.18. The highest BCUT2D eigenvalue weighted by Crippen LogP contribution is 2.18. The lowest BCUT2D eigenvalue weighted by molar-refractivity contribution is -0.167. The quantitative estimate of drug-likeness (QED) is 0.0261. The van der Waals surface area contributed by atoms with Crippen molar-refractivity contribution in [1.29, 1.82) is 0 Å². The molecule has 1 atom stereocenters. The molecular formula is C75H136O6. The number of carbonyl (C=O) groups excluding carboxylic acids is 3. The van der Waals surface area contributed by atoms with Gasteiger partial charge in [0, 0.05) is 19.3 Å². The molecule has 0 heterocycles. The minimum Gasteiger partial charge on any atom is -0.462 e. The van der Waals surface area contributed by atoms with Crippen molar-refractivity contribution >= 4 is 17.9 Å². The number of unbranched alkanes of at least 4 members (excludes halogenated alkanes) is 45. The molecule has 0 aromatic heterocycles. The fraction of sp³-hybridized carbons (Fsp3) is 0.827. The van der Waals surface area contributed by atoms with Crippen molar-refractivity contribution in [1.82, 2.24) is 0 Å². The number of esters is 3. The summed E-state index contributed by atoms with van der Waals surface area (Å²) in [6.45, 7) is 6.60. The van der Waals surface area contributed by atoms with E-state index in [-0.39, 0.29) is 31.1 Å². The predicted octanol–water partition coefficient (Wildman–Crippen LogP) is 24.7. The van der Waals surface area contributed by atoms with E-state index in [0.29, 0.717) is 19.3 Å². The molecule has 6 nitrogen and oxygen atoms in total. The van der Waals surface area contributed by atoms with Gasteiger partial charge in [-0.1, -0.05) is 358 Å². The Morgan fingerprint density at radius 3 is 0.753 bits per heavy atom. The molecule has 472 valence electrons. The molecule has 0 radical (unpaired) electrons. The van der Waals surface area contributed by atoms with E-state index in [1.807, 2.05) is 0 Å². The molecule has 0 aromatic carbocycles. The highest BCUT2D eigenvalue weighted by molar-refractivity contribution is 5.71. The second kappa shape index (κ2) is 69.6. The molecule has 0 fully saturated rings. The van der Waals surface area contributed by atoms with Crippen molar-refractivity contribution in [2.45, 2.75) is 386 Å². The second-order valence-corrected chi connectivity index (χ2v) is 24.1. The van der Waals surface area contributed by atoms with E-state index in [1.54, 1.807) is 0 Å². The van der Waals surface area contributed by atoms with E-state index in [4.69, 9.17) is 14.2 Å². The molecule has 0 aromatic rings. The first-order chi connectivity index (χ1) is 40.0. The number of rotatable bonds is 66. The van der Waals surface area contributed by atoms with Crippen LogP contribution >= 0.6 is 0 Å². The third kappa shape index (κ3) is 67.8. The minimum absolute atomic E-state index is 0.0665. The third-order valence-electron chi connectivity index (χ3n) is 16.0. The lowest BCUT2D eigenvalue weighted by Crippen LogP contribution is -2.30. The van der Waals surface area contributed by atoms with Crippen LogP contribution in [0.3, 0.4) is 0 Å². The summed E-state index contributed by atoms with van der Waals surface area (Å²) >= 11 is 0. The van der Waals surface area contributed by atoms with Gasteiger partial charge in [0.05, 0.1) is 0 Å². The SMILES string of the molecule is CC/C=C\C/C=C\C/C=C\C/C=C\C/C=C\CCCCCCCCCCCCCCCCCC(=O)OCC(COC(=O)CCCCCCCCCCCCCCC)OC(=O)CCCCCCCCCCCCCCCCCCCCC. The first kappa shape index (κ1) is 78.1. The Morgan fingerprint density at radius 1 is 0.259 bits per heavy atom. The molecule has 6 heteroatoms. The van der Waals surface area contributed by atoms with E-state index >= 15 is 0 Å². The zero-order chi connectivity index (χ0) is 58.5. The number of hydrogen-bond acceptors (Lipinski definition) is 6. The van der Waals surface area contributed by atoms with E-state index in [0.717, 1.165) is 89.9 Å². The van der Waals surface area contributed by atoms with Crippen LogP contribution in [0.25, 0.3) is 0 Å². The molecular weight excluding hydrogens is 997 g/mol. The first-order valence-corrected chi connectivity index (χ1v) is 35.8. The van der Waals surface area contributed by atoms with E-state index in [9.17, 15) is 14.4 Å². The van der Waals surface area contributed by atoms with Gasteiger partial charge in [-0.3, -0.25) is 14.4 Å². The second-order valence-electron chi connectivity index (χ2n) is 24.1. The van der Waals surface area contributed by atoms with Gasteiger partial charge in [0.25, 0.3) is 0 Å². The predicted molar refractivity (Wildman–Crippen MR) is 353 cm³/mol. The van der Waals surface area contributed by atoms with Crippen molar-refractivity contribution in [3.05, 3.63) is 60.8 Å². The summed E-state index contributed by atoms with van der Waals surface area (Å²) in [7, 11) is 0. The molecule has 0 aliphatic rings. The maximum atomic E-state index is 12.9. The lowest BCUT2D eigenvalue weighted by atomic mass is 10.0. The smallest absolute Gasteiger partial charge is 0.306 e. The van der Waals surface area contributed by atoms with Gasteiger partial charge in [0.1, 0.15) is 13.2 Å². The molecule has 0 aliphatic heterocycles. The fourth-order valence-electron chi connectivity index (χ4n) is 10.7. The van der Waals surface area contributed by atoms with Gasteiger partial charge in [-0.15, -0.1) is 0 Å². The van der Waals surface area contributed by atoms with Crippen LogP contribution in [0.1, 0.15) is 380 Å². The summed E-state index contributed by atoms with van der Waals surface area (Å²) in [6.07, 6.45) is 89.7. The zero-order valence-corrected chi connectivity index (χ0v) is 54.3. The van der Waals surface area contributed by atoms with E-state index < -0.39 is 6.10 Å². The summed E-state index contributed by atoms with van der Waals surface area (Å²) in [4.78, 5) is 38.4. The Morgan fingerprint density at radius 2 is 0.481 bits per heavy atom. The molecule has 0 saturated carbocycles. The largest absolute Gasteiger partial charge is 0.462 e. The number of allylic oxidation sites excluding steroid dienone is 10. The molecule has 0 bridgehead atoms. The Balaban J connectivity index is 4.18. The number of ether oxygens (including phenoxy) is 3. The molecule has 1 unspecified atom stereocenters. The summed E-state index contributed by atoms with van der Waals surface area (Å²) in [5, 5.41) is 0. The van der Waals surface area contributed by atoms with E-state index in [1.165, 1.54) is 250 Å².